The molecule has 2 rings (SSSR count). The van der Waals surface area contributed by atoms with Crippen molar-refractivity contribution < 1.29 is 19.4 Å². The molecule has 0 aliphatic rings. The molecule has 0 fully saturated rings. The summed E-state index contributed by atoms with van der Waals surface area (Å²) in [6, 6.07) is 13.0. The van der Waals surface area contributed by atoms with Crippen LogP contribution in [0.5, 0.6) is 11.5 Å². The van der Waals surface area contributed by atoms with Crippen LogP contribution in [-0.4, -0.2) is 50.8 Å². The molecule has 0 aromatic heterocycles. The summed E-state index contributed by atoms with van der Waals surface area (Å²) in [5, 5.41) is 12.5. The van der Waals surface area contributed by atoms with Gasteiger partial charge in [-0.15, -0.1) is 0 Å². The molecule has 0 heterocycles. The molecule has 0 aliphatic heterocycles. The number of aromatic carboxylic acids is 1. The Morgan fingerprint density at radius 2 is 1.85 bits per heavy atom. The average Bonchev–Trinajstić information content (AvgIpc) is 2.64. The van der Waals surface area contributed by atoms with Crippen LogP contribution in [0.1, 0.15) is 27.5 Å². The van der Waals surface area contributed by atoms with Crippen molar-refractivity contribution >= 4 is 5.97 Å². The molecule has 0 bridgehead atoms. The summed E-state index contributed by atoms with van der Waals surface area (Å²) in [7, 11) is 7.29. The summed E-state index contributed by atoms with van der Waals surface area (Å²) >= 11 is 0. The van der Waals surface area contributed by atoms with E-state index in [1.54, 1.807) is 32.4 Å². The molecular formula is C20H26N2O4. The first-order chi connectivity index (χ1) is 12.5. The standard InChI is InChI=1S/C20H26N2O4/c1-22(2)17(15-8-9-18(25-3)19(11-15)26-4)13-21-12-14-6-5-7-16(10-14)20(23)24/h5-11,17,21H,12-13H2,1-4H3,(H,23,24). The first-order valence-electron chi connectivity index (χ1n) is 8.37. The van der Waals surface area contributed by atoms with Gasteiger partial charge in [-0.05, 0) is 49.5 Å². The minimum absolute atomic E-state index is 0.137. The number of carboxylic acid groups (broad SMARTS) is 1. The lowest BCUT2D eigenvalue weighted by Crippen LogP contribution is -2.30. The summed E-state index contributed by atoms with van der Waals surface area (Å²) < 4.78 is 10.7. The molecular weight excluding hydrogens is 332 g/mol. The second-order valence-electron chi connectivity index (χ2n) is 6.23. The molecule has 1 atom stereocenters. The fraction of sp³-hybridized carbons (Fsp3) is 0.350. The number of hydrogen-bond acceptors (Lipinski definition) is 5. The van der Waals surface area contributed by atoms with Crippen LogP contribution in [0.15, 0.2) is 42.5 Å². The van der Waals surface area contributed by atoms with Crippen LogP contribution in [0.4, 0.5) is 0 Å². The summed E-state index contributed by atoms with van der Waals surface area (Å²) in [4.78, 5) is 13.2. The van der Waals surface area contributed by atoms with Gasteiger partial charge in [-0.3, -0.25) is 0 Å². The average molecular weight is 358 g/mol. The van der Waals surface area contributed by atoms with Gasteiger partial charge >= 0.3 is 5.97 Å². The number of nitrogens with zero attached hydrogens (tertiary/aromatic N) is 1. The molecule has 26 heavy (non-hydrogen) atoms. The Hall–Kier alpha value is -2.57. The summed E-state index contributed by atoms with van der Waals surface area (Å²) in [6.07, 6.45) is 0. The van der Waals surface area contributed by atoms with E-state index < -0.39 is 5.97 Å². The molecule has 0 saturated carbocycles. The molecule has 6 nitrogen and oxygen atoms in total. The second-order valence-corrected chi connectivity index (χ2v) is 6.23. The number of nitrogens with one attached hydrogen (secondary N) is 1. The van der Waals surface area contributed by atoms with E-state index in [0.717, 1.165) is 11.1 Å². The van der Waals surface area contributed by atoms with Crippen LogP contribution < -0.4 is 14.8 Å². The third-order valence-electron chi connectivity index (χ3n) is 4.26. The Morgan fingerprint density at radius 1 is 1.12 bits per heavy atom. The molecule has 2 aromatic carbocycles. The van der Waals surface area contributed by atoms with Crippen LogP contribution in [0.25, 0.3) is 0 Å². The molecule has 2 N–H and O–H groups in total. The first kappa shape index (κ1) is 19.8. The van der Waals surface area contributed by atoms with Gasteiger partial charge in [0.25, 0.3) is 0 Å². The van der Waals surface area contributed by atoms with Crippen molar-refractivity contribution in [2.75, 3.05) is 34.9 Å². The molecule has 1 unspecified atom stereocenters. The van der Waals surface area contributed by atoms with Crippen molar-refractivity contribution in [1.82, 2.24) is 10.2 Å². The number of rotatable bonds is 9. The topological polar surface area (TPSA) is 71.0 Å². The lowest BCUT2D eigenvalue weighted by molar-refractivity contribution is 0.0696. The summed E-state index contributed by atoms with van der Waals surface area (Å²) in [5.74, 6) is 0.488. The number of likely N-dealkylation sites (N-methyl/N-ethyl adjacent to an activating group) is 1. The van der Waals surface area contributed by atoms with Crippen molar-refractivity contribution in [3.8, 4) is 11.5 Å². The van der Waals surface area contributed by atoms with Crippen molar-refractivity contribution in [3.05, 3.63) is 59.2 Å². The van der Waals surface area contributed by atoms with Gasteiger partial charge in [0.1, 0.15) is 0 Å². The third kappa shape index (κ3) is 4.97. The van der Waals surface area contributed by atoms with Gasteiger partial charge in [-0.1, -0.05) is 18.2 Å². The van der Waals surface area contributed by atoms with Crippen molar-refractivity contribution in [2.24, 2.45) is 0 Å². The van der Waals surface area contributed by atoms with Gasteiger partial charge in [0, 0.05) is 19.1 Å². The highest BCUT2D eigenvalue weighted by Gasteiger charge is 2.16. The molecule has 140 valence electrons. The lowest BCUT2D eigenvalue weighted by Gasteiger charge is -2.26. The minimum Gasteiger partial charge on any atom is -0.493 e. The van der Waals surface area contributed by atoms with Crippen molar-refractivity contribution in [1.29, 1.82) is 0 Å². The molecule has 2 aromatic rings. The van der Waals surface area contributed by atoms with Gasteiger partial charge in [-0.25, -0.2) is 4.79 Å². The zero-order valence-corrected chi connectivity index (χ0v) is 15.7. The van der Waals surface area contributed by atoms with E-state index in [2.05, 4.69) is 10.2 Å². The second kappa shape index (κ2) is 9.22. The van der Waals surface area contributed by atoms with E-state index in [-0.39, 0.29) is 6.04 Å². The van der Waals surface area contributed by atoms with E-state index in [0.29, 0.717) is 30.2 Å². The van der Waals surface area contributed by atoms with E-state index in [4.69, 9.17) is 14.6 Å². The maximum Gasteiger partial charge on any atom is 0.335 e. The quantitative estimate of drug-likeness (QED) is 0.718. The fourth-order valence-electron chi connectivity index (χ4n) is 2.83. The third-order valence-corrected chi connectivity index (χ3v) is 4.26. The van der Waals surface area contributed by atoms with Gasteiger partial charge < -0.3 is 24.8 Å². The Balaban J connectivity index is 2.07. The number of carboxylic acids is 1. The SMILES string of the molecule is COc1ccc(C(CNCc2cccc(C(=O)O)c2)N(C)C)cc1OC. The Bertz CT molecular complexity index is 746. The van der Waals surface area contributed by atoms with Crippen LogP contribution in [0.2, 0.25) is 0 Å². The maximum atomic E-state index is 11.1. The van der Waals surface area contributed by atoms with E-state index in [1.807, 2.05) is 38.4 Å². The van der Waals surface area contributed by atoms with Crippen LogP contribution in [0, 0.1) is 0 Å². The van der Waals surface area contributed by atoms with Gasteiger partial charge in [0.2, 0.25) is 0 Å². The van der Waals surface area contributed by atoms with Gasteiger partial charge in [-0.2, -0.15) is 0 Å². The van der Waals surface area contributed by atoms with Crippen LogP contribution >= 0.6 is 0 Å². The summed E-state index contributed by atoms with van der Waals surface area (Å²) in [6.45, 7) is 1.30. The predicted molar refractivity (Wildman–Crippen MR) is 101 cm³/mol. The van der Waals surface area contributed by atoms with Crippen LogP contribution in [-0.2, 0) is 6.54 Å². The number of hydrogen-bond donors (Lipinski definition) is 2. The van der Waals surface area contributed by atoms with Crippen LogP contribution in [0.3, 0.4) is 0 Å². The minimum atomic E-state index is -0.914. The highest BCUT2D eigenvalue weighted by molar-refractivity contribution is 5.87. The molecule has 0 saturated heterocycles. The molecule has 6 heteroatoms. The van der Waals surface area contributed by atoms with E-state index in [9.17, 15) is 4.79 Å². The zero-order valence-electron chi connectivity index (χ0n) is 15.7. The number of carbonyl (C=O) groups is 1. The normalized spacial score (nSPS) is 12.0. The lowest BCUT2D eigenvalue weighted by atomic mass is 10.0. The first-order valence-corrected chi connectivity index (χ1v) is 8.37. The molecule has 0 amide bonds. The number of methoxy groups -OCH3 is 2. The molecule has 0 spiro atoms. The van der Waals surface area contributed by atoms with E-state index >= 15 is 0 Å². The monoisotopic (exact) mass is 358 g/mol. The van der Waals surface area contributed by atoms with Gasteiger partial charge in [0.05, 0.1) is 19.8 Å². The van der Waals surface area contributed by atoms with Crippen molar-refractivity contribution in [3.63, 3.8) is 0 Å². The zero-order chi connectivity index (χ0) is 19.1. The Labute approximate surface area is 154 Å². The van der Waals surface area contributed by atoms with Gasteiger partial charge in [0.15, 0.2) is 11.5 Å². The largest absolute Gasteiger partial charge is 0.493 e. The Kier molecular flexibility index (Phi) is 7.00. The predicted octanol–water partition coefficient (Wildman–Crippen LogP) is 2.79. The molecule has 0 radical (unpaired) electrons. The van der Waals surface area contributed by atoms with Crippen molar-refractivity contribution in [2.45, 2.75) is 12.6 Å². The Morgan fingerprint density at radius 3 is 2.46 bits per heavy atom. The summed E-state index contributed by atoms with van der Waals surface area (Å²) in [5.41, 5.74) is 2.35. The number of ether oxygens (including phenoxy) is 2. The van der Waals surface area contributed by atoms with E-state index in [1.165, 1.54) is 0 Å². The fourth-order valence-corrected chi connectivity index (χ4v) is 2.83. The smallest absolute Gasteiger partial charge is 0.335 e. The molecule has 0 aliphatic carbocycles. The highest BCUT2D eigenvalue weighted by Crippen LogP contribution is 2.31. The maximum absolute atomic E-state index is 11.1. The highest BCUT2D eigenvalue weighted by atomic mass is 16.5. The number of benzene rings is 2.